The van der Waals surface area contributed by atoms with Crippen molar-refractivity contribution >= 4 is 12.0 Å². The van der Waals surface area contributed by atoms with Crippen LogP contribution in [0.25, 0.3) is 6.08 Å². The molecule has 0 unspecified atom stereocenters. The molecule has 26 heavy (non-hydrogen) atoms. The minimum atomic E-state index is -1.25. The zero-order valence-corrected chi connectivity index (χ0v) is 15.1. The van der Waals surface area contributed by atoms with Gasteiger partial charge in [-0.05, 0) is 61.2 Å². The van der Waals surface area contributed by atoms with Crippen molar-refractivity contribution in [3.63, 3.8) is 0 Å². The quantitative estimate of drug-likeness (QED) is 0.462. The zero-order valence-electron chi connectivity index (χ0n) is 15.1. The molecule has 134 valence electrons. The van der Waals surface area contributed by atoms with Gasteiger partial charge in [0.15, 0.2) is 0 Å². The van der Waals surface area contributed by atoms with Gasteiger partial charge in [0.1, 0.15) is 36.4 Å². The molecule has 5 nitrogen and oxygen atoms in total. The number of nitriles is 1. The van der Waals surface area contributed by atoms with E-state index >= 15 is 0 Å². The molecular weight excluding hydrogens is 330 g/mol. The number of rotatable bonds is 7. The summed E-state index contributed by atoms with van der Waals surface area (Å²) in [4.78, 5) is 10.9. The van der Waals surface area contributed by atoms with Crippen LogP contribution in [-0.2, 0) is 4.79 Å². The summed E-state index contributed by atoms with van der Waals surface area (Å²) in [5, 5.41) is 17.7. The number of hydrogen-bond acceptors (Lipinski definition) is 4. The van der Waals surface area contributed by atoms with Gasteiger partial charge < -0.3 is 14.6 Å². The van der Waals surface area contributed by atoms with E-state index in [1.165, 1.54) is 11.6 Å². The lowest BCUT2D eigenvalue weighted by Crippen LogP contribution is -2.10. The number of hydrogen-bond donors (Lipinski definition) is 1. The van der Waals surface area contributed by atoms with Crippen molar-refractivity contribution < 1.29 is 19.4 Å². The van der Waals surface area contributed by atoms with Crippen molar-refractivity contribution in [1.82, 2.24) is 0 Å². The number of carboxylic acids is 1. The molecule has 2 aromatic rings. The first kappa shape index (κ1) is 19.1. The van der Waals surface area contributed by atoms with Crippen molar-refractivity contribution in [3.8, 4) is 17.6 Å². The Kier molecular flexibility index (Phi) is 6.40. The van der Waals surface area contributed by atoms with Crippen LogP contribution in [0.2, 0.25) is 0 Å². The second kappa shape index (κ2) is 8.72. The summed E-state index contributed by atoms with van der Waals surface area (Å²) in [6.07, 6.45) is 1.31. The number of aryl methyl sites for hydroxylation is 2. The predicted molar refractivity (Wildman–Crippen MR) is 99.3 cm³/mol. The smallest absolute Gasteiger partial charge is 0.346 e. The summed E-state index contributed by atoms with van der Waals surface area (Å²) in [7, 11) is 0. The normalized spacial score (nSPS) is 10.9. The van der Waals surface area contributed by atoms with E-state index in [9.17, 15) is 4.79 Å². The molecule has 0 aromatic heterocycles. The van der Waals surface area contributed by atoms with Crippen molar-refractivity contribution in [2.75, 3.05) is 13.2 Å². The van der Waals surface area contributed by atoms with Crippen molar-refractivity contribution in [2.24, 2.45) is 0 Å². The monoisotopic (exact) mass is 351 g/mol. The summed E-state index contributed by atoms with van der Waals surface area (Å²) in [5.41, 5.74) is 3.65. The Hall–Kier alpha value is -3.26. The number of nitrogens with zero attached hydrogens (tertiary/aromatic N) is 1. The number of carbonyl (C=O) groups is 1. The minimum Gasteiger partial charge on any atom is -0.490 e. The molecule has 0 bridgehead atoms. The van der Waals surface area contributed by atoms with Gasteiger partial charge in [-0.25, -0.2) is 4.79 Å². The summed E-state index contributed by atoms with van der Waals surface area (Å²) in [6.45, 7) is 6.83. The SMILES string of the molecule is Cc1ccc(C)c(OCCOc2cccc(C=C(C#N)C(=O)O)c2)c1C. The third-order valence-corrected chi connectivity index (χ3v) is 3.99. The topological polar surface area (TPSA) is 79.5 Å². The predicted octanol–water partition coefficient (Wildman–Crippen LogP) is 4.06. The first-order valence-corrected chi connectivity index (χ1v) is 8.20. The lowest BCUT2D eigenvalue weighted by atomic mass is 10.1. The molecule has 5 heteroatoms. The summed E-state index contributed by atoms with van der Waals surface area (Å²) >= 11 is 0. The molecule has 0 saturated carbocycles. The van der Waals surface area contributed by atoms with Crippen LogP contribution in [-0.4, -0.2) is 24.3 Å². The molecular formula is C21H21NO4. The van der Waals surface area contributed by atoms with Crippen LogP contribution in [0, 0.1) is 32.1 Å². The van der Waals surface area contributed by atoms with Gasteiger partial charge in [0.25, 0.3) is 0 Å². The molecule has 0 radical (unpaired) electrons. The van der Waals surface area contributed by atoms with Crippen LogP contribution < -0.4 is 9.47 Å². The number of aliphatic carboxylic acids is 1. The molecule has 0 fully saturated rings. The molecule has 0 saturated heterocycles. The summed E-state index contributed by atoms with van der Waals surface area (Å²) in [5.74, 6) is 0.212. The fourth-order valence-corrected chi connectivity index (χ4v) is 2.45. The van der Waals surface area contributed by atoms with E-state index < -0.39 is 5.97 Å². The van der Waals surface area contributed by atoms with E-state index in [1.54, 1.807) is 30.3 Å². The van der Waals surface area contributed by atoms with Crippen LogP contribution in [0.15, 0.2) is 42.0 Å². The second-order valence-corrected chi connectivity index (χ2v) is 5.90. The molecule has 1 N–H and O–H groups in total. The first-order valence-electron chi connectivity index (χ1n) is 8.20. The highest BCUT2D eigenvalue weighted by atomic mass is 16.5. The number of ether oxygens (including phenoxy) is 2. The molecule has 0 aliphatic heterocycles. The van der Waals surface area contributed by atoms with E-state index in [-0.39, 0.29) is 5.57 Å². The molecule has 2 rings (SSSR count). The molecule has 2 aromatic carbocycles. The highest BCUT2D eigenvalue weighted by Gasteiger charge is 2.07. The van der Waals surface area contributed by atoms with Gasteiger partial charge in [-0.1, -0.05) is 24.3 Å². The molecule has 0 amide bonds. The summed E-state index contributed by atoms with van der Waals surface area (Å²) < 4.78 is 11.5. The molecule has 0 heterocycles. The Morgan fingerprint density at radius 3 is 2.50 bits per heavy atom. The third kappa shape index (κ3) is 4.87. The van der Waals surface area contributed by atoms with Gasteiger partial charge in [-0.15, -0.1) is 0 Å². The Morgan fingerprint density at radius 1 is 1.12 bits per heavy atom. The first-order chi connectivity index (χ1) is 12.4. The fourth-order valence-electron chi connectivity index (χ4n) is 2.45. The van der Waals surface area contributed by atoms with Crippen molar-refractivity contribution in [3.05, 3.63) is 64.2 Å². The Balaban J connectivity index is 1.97. The molecule has 0 aliphatic carbocycles. The molecule has 0 aliphatic rings. The standard InChI is InChI=1S/C21H21NO4/c1-14-7-8-15(2)20(16(14)3)26-10-9-25-19-6-4-5-17(12-19)11-18(13-22)21(23)24/h4-8,11-12H,9-10H2,1-3H3,(H,23,24). The van der Waals surface area contributed by atoms with Gasteiger partial charge in [0.2, 0.25) is 0 Å². The van der Waals surface area contributed by atoms with Crippen molar-refractivity contribution in [1.29, 1.82) is 5.26 Å². The Labute approximate surface area is 153 Å². The second-order valence-electron chi connectivity index (χ2n) is 5.90. The molecule has 0 spiro atoms. The highest BCUT2D eigenvalue weighted by Crippen LogP contribution is 2.25. The molecule has 0 atom stereocenters. The Morgan fingerprint density at radius 2 is 1.81 bits per heavy atom. The lowest BCUT2D eigenvalue weighted by molar-refractivity contribution is -0.132. The van der Waals surface area contributed by atoms with E-state index in [4.69, 9.17) is 19.8 Å². The fraction of sp³-hybridized carbons (Fsp3) is 0.238. The Bertz CT molecular complexity index is 878. The van der Waals surface area contributed by atoms with Crippen LogP contribution in [0.1, 0.15) is 22.3 Å². The van der Waals surface area contributed by atoms with Crippen LogP contribution in [0.5, 0.6) is 11.5 Å². The van der Waals surface area contributed by atoms with Crippen LogP contribution in [0.4, 0.5) is 0 Å². The number of benzene rings is 2. The average Bonchev–Trinajstić information content (AvgIpc) is 2.62. The maximum Gasteiger partial charge on any atom is 0.346 e. The maximum atomic E-state index is 10.9. The number of carboxylic acid groups (broad SMARTS) is 1. The third-order valence-electron chi connectivity index (χ3n) is 3.99. The van der Waals surface area contributed by atoms with E-state index in [2.05, 4.69) is 6.07 Å². The van der Waals surface area contributed by atoms with Gasteiger partial charge in [-0.2, -0.15) is 5.26 Å². The van der Waals surface area contributed by atoms with Gasteiger partial charge in [-0.3, -0.25) is 0 Å². The average molecular weight is 351 g/mol. The van der Waals surface area contributed by atoms with Crippen molar-refractivity contribution in [2.45, 2.75) is 20.8 Å². The highest BCUT2D eigenvalue weighted by molar-refractivity contribution is 5.96. The lowest BCUT2D eigenvalue weighted by Gasteiger charge is -2.14. The summed E-state index contributed by atoms with van der Waals surface area (Å²) in [6, 6.07) is 12.7. The van der Waals surface area contributed by atoms with Gasteiger partial charge in [0, 0.05) is 0 Å². The van der Waals surface area contributed by atoms with E-state index in [0.29, 0.717) is 24.5 Å². The van der Waals surface area contributed by atoms with Gasteiger partial charge in [0.05, 0.1) is 0 Å². The van der Waals surface area contributed by atoms with E-state index in [0.717, 1.165) is 16.9 Å². The van der Waals surface area contributed by atoms with Gasteiger partial charge >= 0.3 is 5.97 Å². The maximum absolute atomic E-state index is 10.9. The zero-order chi connectivity index (χ0) is 19.1. The van der Waals surface area contributed by atoms with Crippen LogP contribution >= 0.6 is 0 Å². The minimum absolute atomic E-state index is 0.323. The largest absolute Gasteiger partial charge is 0.490 e. The van der Waals surface area contributed by atoms with E-state index in [1.807, 2.05) is 26.8 Å². The van der Waals surface area contributed by atoms with Crippen LogP contribution in [0.3, 0.4) is 0 Å².